The maximum atomic E-state index is 12.4. The summed E-state index contributed by atoms with van der Waals surface area (Å²) in [5, 5.41) is 8.09. The highest BCUT2D eigenvalue weighted by atomic mass is 16.5. The van der Waals surface area contributed by atoms with Crippen LogP contribution < -0.4 is 0 Å². The molecule has 23 heavy (non-hydrogen) atoms. The van der Waals surface area contributed by atoms with Crippen LogP contribution in [-0.4, -0.2) is 48.8 Å². The molecule has 1 fully saturated rings. The molecule has 1 saturated heterocycles. The molecule has 3 heterocycles. The van der Waals surface area contributed by atoms with Crippen molar-refractivity contribution in [1.29, 1.82) is 0 Å². The lowest BCUT2D eigenvalue weighted by Crippen LogP contribution is -2.40. The van der Waals surface area contributed by atoms with Gasteiger partial charge in [-0.25, -0.2) is 9.67 Å². The Morgan fingerprint density at radius 1 is 1.43 bits per heavy atom. The summed E-state index contributed by atoms with van der Waals surface area (Å²) < 4.78 is 7.02. The molecule has 3 rings (SSSR count). The Hall–Kier alpha value is -2.25. The Kier molecular flexibility index (Phi) is 4.99. The third kappa shape index (κ3) is 3.94. The van der Waals surface area contributed by atoms with Crippen molar-refractivity contribution >= 4 is 5.91 Å². The van der Waals surface area contributed by atoms with Crippen molar-refractivity contribution in [2.24, 2.45) is 0 Å². The Labute approximate surface area is 134 Å². The fourth-order valence-corrected chi connectivity index (χ4v) is 2.89. The second-order valence-electron chi connectivity index (χ2n) is 5.87. The van der Waals surface area contributed by atoms with Crippen molar-refractivity contribution < 1.29 is 9.32 Å². The van der Waals surface area contributed by atoms with E-state index < -0.39 is 0 Å². The monoisotopic (exact) mass is 318 g/mol. The molecule has 0 saturated carbocycles. The fourth-order valence-electron chi connectivity index (χ4n) is 2.89. The highest BCUT2D eigenvalue weighted by Gasteiger charge is 2.25. The van der Waals surface area contributed by atoms with Gasteiger partial charge in [-0.05, 0) is 19.3 Å². The predicted molar refractivity (Wildman–Crippen MR) is 81.5 cm³/mol. The smallest absolute Gasteiger partial charge is 0.227 e. The Morgan fingerprint density at radius 2 is 2.35 bits per heavy atom. The number of rotatable bonds is 6. The summed E-state index contributed by atoms with van der Waals surface area (Å²) in [7, 11) is 0. The van der Waals surface area contributed by atoms with Crippen LogP contribution in [0.2, 0.25) is 0 Å². The number of carbonyl (C=O) groups is 1. The van der Waals surface area contributed by atoms with Crippen molar-refractivity contribution in [2.45, 2.75) is 51.5 Å². The summed E-state index contributed by atoms with van der Waals surface area (Å²) in [6.07, 6.45) is 7.95. The molecule has 8 nitrogen and oxygen atoms in total. The molecule has 0 bridgehead atoms. The van der Waals surface area contributed by atoms with Crippen molar-refractivity contribution in [2.75, 3.05) is 13.1 Å². The summed E-state index contributed by atoms with van der Waals surface area (Å²) >= 11 is 0. The molecule has 2 aromatic heterocycles. The maximum absolute atomic E-state index is 12.4. The average Bonchev–Trinajstić information content (AvgIpc) is 3.25. The number of hydrogen-bond donors (Lipinski definition) is 0. The fraction of sp³-hybridized carbons (Fsp3) is 0.667. The minimum Gasteiger partial charge on any atom is -0.341 e. The Balaban J connectivity index is 1.51. The second-order valence-corrected chi connectivity index (χ2v) is 5.87. The Bertz CT molecular complexity index is 624. The van der Waals surface area contributed by atoms with Gasteiger partial charge in [0.1, 0.15) is 12.7 Å². The van der Waals surface area contributed by atoms with E-state index in [9.17, 15) is 4.79 Å². The molecule has 0 aromatic carbocycles. The standard InChI is InChI=1S/C15H22N6O2/c1-2-4-13-18-14(23-19-13)6-7-15(22)20-8-3-5-12(9-20)21-11-16-10-17-21/h10-12H,2-9H2,1H3. The van der Waals surface area contributed by atoms with E-state index in [-0.39, 0.29) is 11.9 Å². The van der Waals surface area contributed by atoms with Crippen molar-refractivity contribution in [3.05, 3.63) is 24.4 Å². The number of amides is 1. The summed E-state index contributed by atoms with van der Waals surface area (Å²) in [6.45, 7) is 3.56. The summed E-state index contributed by atoms with van der Waals surface area (Å²) in [5.41, 5.74) is 0. The molecule has 8 heteroatoms. The quantitative estimate of drug-likeness (QED) is 0.800. The number of likely N-dealkylation sites (tertiary alicyclic amines) is 1. The van der Waals surface area contributed by atoms with Crippen molar-refractivity contribution in [3.63, 3.8) is 0 Å². The zero-order valence-corrected chi connectivity index (χ0v) is 13.4. The lowest BCUT2D eigenvalue weighted by Gasteiger charge is -2.32. The molecule has 1 aliphatic heterocycles. The van der Waals surface area contributed by atoms with Crippen LogP contribution in [0, 0.1) is 0 Å². The number of piperidine rings is 1. The molecule has 124 valence electrons. The molecule has 0 spiro atoms. The number of aromatic nitrogens is 5. The second kappa shape index (κ2) is 7.34. The van der Waals surface area contributed by atoms with Crippen LogP contribution in [0.25, 0.3) is 0 Å². The lowest BCUT2D eigenvalue weighted by atomic mass is 10.1. The molecule has 2 aromatic rings. The lowest BCUT2D eigenvalue weighted by molar-refractivity contribution is -0.133. The van der Waals surface area contributed by atoms with E-state index in [1.165, 1.54) is 6.33 Å². The molecular weight excluding hydrogens is 296 g/mol. The number of aryl methyl sites for hydroxylation is 2. The molecule has 0 N–H and O–H groups in total. The van der Waals surface area contributed by atoms with Crippen molar-refractivity contribution in [3.8, 4) is 0 Å². The molecule has 1 unspecified atom stereocenters. The van der Waals surface area contributed by atoms with Gasteiger partial charge < -0.3 is 9.42 Å². The molecule has 1 aliphatic rings. The average molecular weight is 318 g/mol. The minimum atomic E-state index is 0.130. The third-order valence-corrected chi connectivity index (χ3v) is 4.10. The topological polar surface area (TPSA) is 89.9 Å². The van der Waals surface area contributed by atoms with E-state index in [0.717, 1.165) is 38.1 Å². The molecule has 1 amide bonds. The molecular formula is C15H22N6O2. The molecule has 0 aliphatic carbocycles. The van der Waals surface area contributed by atoms with Gasteiger partial charge in [0.2, 0.25) is 11.8 Å². The van der Waals surface area contributed by atoms with Gasteiger partial charge >= 0.3 is 0 Å². The first kappa shape index (κ1) is 15.6. The van der Waals surface area contributed by atoms with Gasteiger partial charge in [0.25, 0.3) is 0 Å². The minimum absolute atomic E-state index is 0.130. The predicted octanol–water partition coefficient (Wildman–Crippen LogP) is 1.41. The van der Waals surface area contributed by atoms with Gasteiger partial charge in [-0.3, -0.25) is 4.79 Å². The summed E-state index contributed by atoms with van der Waals surface area (Å²) in [5.74, 6) is 1.40. The van der Waals surface area contributed by atoms with Crippen LogP contribution in [0.3, 0.4) is 0 Å². The summed E-state index contributed by atoms with van der Waals surface area (Å²) in [6, 6.07) is 0.217. The van der Waals surface area contributed by atoms with Crippen LogP contribution in [0.4, 0.5) is 0 Å². The molecule has 1 atom stereocenters. The first-order valence-corrected chi connectivity index (χ1v) is 8.19. The van der Waals surface area contributed by atoms with Crippen LogP contribution in [0.15, 0.2) is 17.2 Å². The van der Waals surface area contributed by atoms with E-state index in [1.807, 2.05) is 9.58 Å². The zero-order chi connectivity index (χ0) is 16.1. The highest BCUT2D eigenvalue weighted by molar-refractivity contribution is 5.76. The highest BCUT2D eigenvalue weighted by Crippen LogP contribution is 2.21. The van der Waals surface area contributed by atoms with Crippen molar-refractivity contribution in [1.82, 2.24) is 29.8 Å². The Morgan fingerprint density at radius 3 is 3.13 bits per heavy atom. The van der Waals surface area contributed by atoms with Crippen LogP contribution in [0.5, 0.6) is 0 Å². The van der Waals surface area contributed by atoms with E-state index in [0.29, 0.717) is 25.3 Å². The van der Waals surface area contributed by atoms with Crippen LogP contribution >= 0.6 is 0 Å². The van der Waals surface area contributed by atoms with Crippen LogP contribution in [0.1, 0.15) is 50.4 Å². The van der Waals surface area contributed by atoms with Gasteiger partial charge in [-0.2, -0.15) is 10.1 Å². The van der Waals surface area contributed by atoms with Gasteiger partial charge in [0.15, 0.2) is 5.82 Å². The van der Waals surface area contributed by atoms with E-state index in [4.69, 9.17) is 4.52 Å². The number of nitrogens with zero attached hydrogens (tertiary/aromatic N) is 6. The van der Waals surface area contributed by atoms with Gasteiger partial charge in [0.05, 0.1) is 6.04 Å². The number of hydrogen-bond acceptors (Lipinski definition) is 6. The molecule has 0 radical (unpaired) electrons. The van der Waals surface area contributed by atoms with Crippen LogP contribution in [-0.2, 0) is 17.6 Å². The SMILES string of the molecule is CCCc1noc(CCC(=O)N2CCCC(n3cncn3)C2)n1. The van der Waals surface area contributed by atoms with E-state index in [1.54, 1.807) is 6.33 Å². The van der Waals surface area contributed by atoms with Gasteiger partial charge in [-0.1, -0.05) is 12.1 Å². The zero-order valence-electron chi connectivity index (χ0n) is 13.4. The maximum Gasteiger partial charge on any atom is 0.227 e. The summed E-state index contributed by atoms with van der Waals surface area (Å²) in [4.78, 5) is 22.6. The van der Waals surface area contributed by atoms with Gasteiger partial charge in [0, 0.05) is 32.4 Å². The third-order valence-electron chi connectivity index (χ3n) is 4.10. The number of carbonyl (C=O) groups excluding carboxylic acids is 1. The van der Waals surface area contributed by atoms with E-state index >= 15 is 0 Å². The van der Waals surface area contributed by atoms with E-state index in [2.05, 4.69) is 27.1 Å². The van der Waals surface area contributed by atoms with Gasteiger partial charge in [-0.15, -0.1) is 0 Å². The largest absolute Gasteiger partial charge is 0.341 e. The first-order valence-electron chi connectivity index (χ1n) is 8.19. The normalized spacial score (nSPS) is 18.3. The first-order chi connectivity index (χ1) is 11.3.